The Morgan fingerprint density at radius 2 is 1.92 bits per heavy atom. The van der Waals surface area contributed by atoms with Gasteiger partial charge in [0.05, 0.1) is 10.4 Å². The number of benzene rings is 2. The summed E-state index contributed by atoms with van der Waals surface area (Å²) in [6.45, 7) is 3.95. The summed E-state index contributed by atoms with van der Waals surface area (Å²) in [5, 5.41) is 5.64. The summed E-state index contributed by atoms with van der Waals surface area (Å²) in [5.74, 6) is -0.145. The molecule has 2 aromatic carbocycles. The molecule has 4 rings (SSSR count). The van der Waals surface area contributed by atoms with Gasteiger partial charge in [0.25, 0.3) is 5.91 Å². The van der Waals surface area contributed by atoms with Gasteiger partial charge in [0, 0.05) is 21.5 Å². The van der Waals surface area contributed by atoms with Gasteiger partial charge in [0.1, 0.15) is 4.83 Å². The zero-order valence-corrected chi connectivity index (χ0v) is 15.3. The summed E-state index contributed by atoms with van der Waals surface area (Å²) < 4.78 is 0. The molecule has 0 saturated heterocycles. The molecule has 1 amide bonds. The van der Waals surface area contributed by atoms with E-state index in [1.165, 1.54) is 16.9 Å². The highest BCUT2D eigenvalue weighted by Gasteiger charge is 2.14. The molecule has 0 saturated carbocycles. The maximum Gasteiger partial charge on any atom is 0.265 e. The van der Waals surface area contributed by atoms with Crippen molar-refractivity contribution in [2.75, 3.05) is 5.32 Å². The van der Waals surface area contributed by atoms with E-state index in [1.807, 2.05) is 43.3 Å². The molecule has 25 heavy (non-hydrogen) atoms. The average molecular weight is 367 g/mol. The summed E-state index contributed by atoms with van der Waals surface area (Å²) >= 11 is 7.52. The van der Waals surface area contributed by atoms with E-state index < -0.39 is 0 Å². The fourth-order valence-corrected chi connectivity index (χ4v) is 3.89. The van der Waals surface area contributed by atoms with Crippen molar-refractivity contribution in [1.82, 2.24) is 4.98 Å². The SMILES string of the molecule is Cc1ccc2nc3sc(C(=O)Nc4cccc(Cl)c4C)cc3cc2c1. The van der Waals surface area contributed by atoms with Gasteiger partial charge in [-0.05, 0) is 55.8 Å². The third-order valence-electron chi connectivity index (χ3n) is 4.20. The van der Waals surface area contributed by atoms with Crippen LogP contribution in [0.1, 0.15) is 20.8 Å². The van der Waals surface area contributed by atoms with Crippen LogP contribution in [0.5, 0.6) is 0 Å². The number of nitrogens with zero attached hydrogens (tertiary/aromatic N) is 1. The summed E-state index contributed by atoms with van der Waals surface area (Å²) in [5.41, 5.74) is 3.72. The smallest absolute Gasteiger partial charge is 0.265 e. The van der Waals surface area contributed by atoms with Crippen LogP contribution >= 0.6 is 22.9 Å². The average Bonchev–Trinajstić information content (AvgIpc) is 3.00. The Labute approximate surface area is 154 Å². The normalized spacial score (nSPS) is 11.2. The lowest BCUT2D eigenvalue weighted by molar-refractivity contribution is 0.103. The Hall–Kier alpha value is -2.43. The number of aryl methyl sites for hydroxylation is 1. The van der Waals surface area contributed by atoms with Crippen LogP contribution in [-0.2, 0) is 0 Å². The summed E-state index contributed by atoms with van der Waals surface area (Å²) in [4.78, 5) is 18.8. The van der Waals surface area contributed by atoms with Gasteiger partial charge in [0.2, 0.25) is 0 Å². The third kappa shape index (κ3) is 2.99. The van der Waals surface area contributed by atoms with Gasteiger partial charge in [0.15, 0.2) is 0 Å². The van der Waals surface area contributed by atoms with Crippen molar-refractivity contribution in [3.8, 4) is 0 Å². The van der Waals surface area contributed by atoms with E-state index in [4.69, 9.17) is 11.6 Å². The monoisotopic (exact) mass is 366 g/mol. The molecule has 5 heteroatoms. The van der Waals surface area contributed by atoms with Crippen molar-refractivity contribution >= 4 is 55.7 Å². The number of aromatic nitrogens is 1. The summed E-state index contributed by atoms with van der Waals surface area (Å²) in [7, 11) is 0. The number of hydrogen-bond acceptors (Lipinski definition) is 3. The number of thiophene rings is 1. The number of carbonyl (C=O) groups excluding carboxylic acids is 1. The number of nitrogens with one attached hydrogen (secondary N) is 1. The van der Waals surface area contributed by atoms with E-state index in [0.717, 1.165) is 32.4 Å². The van der Waals surface area contributed by atoms with Crippen LogP contribution in [0.4, 0.5) is 5.69 Å². The molecule has 0 spiro atoms. The van der Waals surface area contributed by atoms with Gasteiger partial charge in [-0.15, -0.1) is 11.3 Å². The van der Waals surface area contributed by atoms with Crippen LogP contribution in [0.3, 0.4) is 0 Å². The van der Waals surface area contributed by atoms with E-state index in [1.54, 1.807) is 0 Å². The van der Waals surface area contributed by atoms with Gasteiger partial charge in [-0.25, -0.2) is 4.98 Å². The van der Waals surface area contributed by atoms with Crippen LogP contribution in [0, 0.1) is 13.8 Å². The van der Waals surface area contributed by atoms with E-state index >= 15 is 0 Å². The number of pyridine rings is 1. The molecule has 2 heterocycles. The van der Waals surface area contributed by atoms with Crippen LogP contribution < -0.4 is 5.32 Å². The van der Waals surface area contributed by atoms with Crippen LogP contribution in [0.25, 0.3) is 21.1 Å². The molecule has 4 aromatic rings. The Bertz CT molecular complexity index is 1130. The Morgan fingerprint density at radius 3 is 2.76 bits per heavy atom. The Balaban J connectivity index is 1.72. The minimum atomic E-state index is -0.145. The molecule has 0 fully saturated rings. The Morgan fingerprint density at radius 1 is 1.08 bits per heavy atom. The molecule has 0 aliphatic rings. The van der Waals surface area contributed by atoms with Crippen LogP contribution in [0.2, 0.25) is 5.02 Å². The van der Waals surface area contributed by atoms with Gasteiger partial charge in [-0.2, -0.15) is 0 Å². The Kier molecular flexibility index (Phi) is 3.94. The van der Waals surface area contributed by atoms with Crippen molar-refractivity contribution in [2.45, 2.75) is 13.8 Å². The molecule has 0 aliphatic heterocycles. The maximum absolute atomic E-state index is 12.6. The van der Waals surface area contributed by atoms with Gasteiger partial charge >= 0.3 is 0 Å². The third-order valence-corrected chi connectivity index (χ3v) is 5.65. The number of rotatable bonds is 2. The second-order valence-corrected chi connectivity index (χ2v) is 7.49. The quantitative estimate of drug-likeness (QED) is 0.474. The molecule has 0 atom stereocenters. The van der Waals surface area contributed by atoms with E-state index in [9.17, 15) is 4.79 Å². The lowest BCUT2D eigenvalue weighted by atomic mass is 10.1. The lowest BCUT2D eigenvalue weighted by Gasteiger charge is -2.08. The first-order valence-corrected chi connectivity index (χ1v) is 9.08. The predicted octanol–water partition coefficient (Wildman–Crippen LogP) is 5.97. The molecule has 124 valence electrons. The van der Waals surface area contributed by atoms with Crippen molar-refractivity contribution in [3.05, 3.63) is 69.6 Å². The van der Waals surface area contributed by atoms with E-state index in [0.29, 0.717) is 9.90 Å². The molecule has 2 aromatic heterocycles. The molecule has 3 nitrogen and oxygen atoms in total. The highest BCUT2D eigenvalue weighted by Crippen LogP contribution is 2.29. The van der Waals surface area contributed by atoms with Crippen molar-refractivity contribution in [2.24, 2.45) is 0 Å². The zero-order valence-electron chi connectivity index (χ0n) is 13.8. The van der Waals surface area contributed by atoms with Gasteiger partial charge in [-0.3, -0.25) is 4.79 Å². The number of anilines is 1. The zero-order chi connectivity index (χ0) is 17.6. The maximum atomic E-state index is 12.6. The molecule has 1 N–H and O–H groups in total. The highest BCUT2D eigenvalue weighted by molar-refractivity contribution is 7.20. The number of halogens is 1. The molecule has 0 bridgehead atoms. The molecule has 0 aliphatic carbocycles. The highest BCUT2D eigenvalue weighted by atomic mass is 35.5. The van der Waals surface area contributed by atoms with E-state index in [2.05, 4.69) is 29.4 Å². The second-order valence-electron chi connectivity index (χ2n) is 6.06. The fraction of sp³-hybridized carbons (Fsp3) is 0.100. The lowest BCUT2D eigenvalue weighted by Crippen LogP contribution is -2.11. The van der Waals surface area contributed by atoms with Gasteiger partial charge in [-0.1, -0.05) is 29.3 Å². The number of hydrogen-bond donors (Lipinski definition) is 1. The summed E-state index contributed by atoms with van der Waals surface area (Å²) in [6, 6.07) is 15.6. The standard InChI is InChI=1S/C20H15ClN2OS/c1-11-6-7-17-13(8-11)9-14-10-18(25-20(14)23-17)19(24)22-16-5-3-4-15(21)12(16)2/h3-10H,1-2H3,(H,22,24). The fourth-order valence-electron chi connectivity index (χ4n) is 2.79. The topological polar surface area (TPSA) is 42.0 Å². The van der Waals surface area contributed by atoms with Crippen molar-refractivity contribution in [3.63, 3.8) is 0 Å². The predicted molar refractivity (Wildman–Crippen MR) is 106 cm³/mol. The first-order chi connectivity index (χ1) is 12.0. The van der Waals surface area contributed by atoms with E-state index in [-0.39, 0.29) is 5.91 Å². The minimum Gasteiger partial charge on any atom is -0.321 e. The first-order valence-electron chi connectivity index (χ1n) is 7.89. The second kappa shape index (κ2) is 6.14. The molecular weight excluding hydrogens is 352 g/mol. The van der Waals surface area contributed by atoms with Crippen LogP contribution in [-0.4, -0.2) is 10.9 Å². The first kappa shape index (κ1) is 16.1. The van der Waals surface area contributed by atoms with Gasteiger partial charge < -0.3 is 5.32 Å². The van der Waals surface area contributed by atoms with Crippen molar-refractivity contribution in [1.29, 1.82) is 0 Å². The molecular formula is C20H15ClN2OS. The molecule has 0 unspecified atom stereocenters. The minimum absolute atomic E-state index is 0.145. The molecule has 0 radical (unpaired) electrons. The summed E-state index contributed by atoms with van der Waals surface area (Å²) in [6.07, 6.45) is 0. The van der Waals surface area contributed by atoms with Crippen molar-refractivity contribution < 1.29 is 4.79 Å². The number of amides is 1. The largest absolute Gasteiger partial charge is 0.321 e. The van der Waals surface area contributed by atoms with Crippen LogP contribution in [0.15, 0.2) is 48.5 Å². The number of carbonyl (C=O) groups is 1. The number of fused-ring (bicyclic) bond motifs is 2.